The first kappa shape index (κ1) is 14.2. The Balaban J connectivity index is 2.00. The Morgan fingerprint density at radius 2 is 1.90 bits per heavy atom. The van der Waals surface area contributed by atoms with Crippen molar-refractivity contribution in [1.29, 1.82) is 0 Å². The number of alkyl halides is 3. The van der Waals surface area contributed by atoms with E-state index in [0.29, 0.717) is 5.69 Å². The van der Waals surface area contributed by atoms with E-state index in [2.05, 4.69) is 15.2 Å². The minimum absolute atomic E-state index is 0.00177. The number of aryl methyl sites for hydroxylation is 1. The molecule has 2 aromatic rings. The van der Waals surface area contributed by atoms with Crippen LogP contribution in [0.15, 0.2) is 36.7 Å². The van der Waals surface area contributed by atoms with Crippen LogP contribution < -0.4 is 10.1 Å². The summed E-state index contributed by atoms with van der Waals surface area (Å²) in [5.41, 5.74) is 1.69. The molecule has 1 aromatic heterocycles. The molecule has 0 radical (unpaired) electrons. The molecule has 1 aromatic carbocycles. The second kappa shape index (κ2) is 5.44. The van der Waals surface area contributed by atoms with Crippen LogP contribution in [0.4, 0.5) is 18.9 Å². The lowest BCUT2D eigenvalue weighted by Crippen LogP contribution is -2.17. The maximum Gasteiger partial charge on any atom is 0.573 e. The molecule has 0 aliphatic rings. The van der Waals surface area contributed by atoms with E-state index in [1.165, 1.54) is 24.3 Å². The van der Waals surface area contributed by atoms with Gasteiger partial charge in [-0.1, -0.05) is 0 Å². The molecule has 7 heteroatoms. The first-order chi connectivity index (χ1) is 9.33. The van der Waals surface area contributed by atoms with E-state index >= 15 is 0 Å². The summed E-state index contributed by atoms with van der Waals surface area (Å²) in [5.74, 6) is -0.239. The Hall–Kier alpha value is -2.18. The van der Waals surface area contributed by atoms with Gasteiger partial charge in [-0.15, -0.1) is 13.2 Å². The number of hydrogen-bond donors (Lipinski definition) is 1. The number of hydrogen-bond acceptors (Lipinski definition) is 3. The van der Waals surface area contributed by atoms with Crippen molar-refractivity contribution in [3.63, 3.8) is 0 Å². The smallest absolute Gasteiger partial charge is 0.406 e. The predicted octanol–water partition coefficient (Wildman–Crippen LogP) is 3.49. The highest BCUT2D eigenvalue weighted by Crippen LogP contribution is 2.25. The third-order valence-electron chi connectivity index (χ3n) is 2.70. The number of anilines is 1. The van der Waals surface area contributed by atoms with E-state index in [-0.39, 0.29) is 11.8 Å². The molecule has 20 heavy (non-hydrogen) atoms. The number of nitrogens with zero attached hydrogens (tertiary/aromatic N) is 2. The fourth-order valence-electron chi connectivity index (χ4n) is 1.75. The van der Waals surface area contributed by atoms with Gasteiger partial charge in [0.25, 0.3) is 0 Å². The quantitative estimate of drug-likeness (QED) is 0.934. The zero-order chi connectivity index (χ0) is 14.8. The molecule has 0 spiro atoms. The van der Waals surface area contributed by atoms with E-state index in [4.69, 9.17) is 0 Å². The minimum Gasteiger partial charge on any atom is -0.406 e. The average Bonchev–Trinajstić information content (AvgIpc) is 2.77. The summed E-state index contributed by atoms with van der Waals surface area (Å²) in [4.78, 5) is 0. The highest BCUT2D eigenvalue weighted by Gasteiger charge is 2.30. The fraction of sp³-hybridized carbons (Fsp3) is 0.308. The lowest BCUT2D eigenvalue weighted by atomic mass is 10.2. The maximum atomic E-state index is 12.0. The largest absolute Gasteiger partial charge is 0.573 e. The van der Waals surface area contributed by atoms with E-state index < -0.39 is 6.36 Å². The first-order valence-corrected chi connectivity index (χ1v) is 5.94. The lowest BCUT2D eigenvalue weighted by molar-refractivity contribution is -0.274. The molecule has 1 atom stereocenters. The van der Waals surface area contributed by atoms with Crippen LogP contribution in [-0.4, -0.2) is 16.1 Å². The summed E-state index contributed by atoms with van der Waals surface area (Å²) in [7, 11) is 1.82. The molecule has 108 valence electrons. The second-order valence-corrected chi connectivity index (χ2v) is 4.39. The van der Waals surface area contributed by atoms with Crippen molar-refractivity contribution in [3.05, 3.63) is 42.2 Å². The van der Waals surface area contributed by atoms with Gasteiger partial charge in [-0.3, -0.25) is 4.68 Å². The predicted molar refractivity (Wildman–Crippen MR) is 68.4 cm³/mol. The van der Waals surface area contributed by atoms with Crippen molar-refractivity contribution in [2.75, 3.05) is 5.32 Å². The van der Waals surface area contributed by atoms with Gasteiger partial charge in [0.15, 0.2) is 0 Å². The molecule has 0 aliphatic carbocycles. The average molecular weight is 285 g/mol. The van der Waals surface area contributed by atoms with Crippen LogP contribution >= 0.6 is 0 Å². The molecule has 1 unspecified atom stereocenters. The van der Waals surface area contributed by atoms with Crippen LogP contribution in [0.5, 0.6) is 5.75 Å². The Kier molecular flexibility index (Phi) is 3.87. The van der Waals surface area contributed by atoms with Crippen molar-refractivity contribution >= 4 is 5.69 Å². The van der Waals surface area contributed by atoms with Gasteiger partial charge in [0.05, 0.1) is 12.2 Å². The zero-order valence-electron chi connectivity index (χ0n) is 11.0. The molecule has 0 fully saturated rings. The highest BCUT2D eigenvalue weighted by molar-refractivity contribution is 5.47. The standard InChI is InChI=1S/C13H14F3N3O/c1-9(10-7-17-19(2)8-10)18-11-3-5-12(6-4-11)20-13(14,15)16/h3-9,18H,1-2H3. The van der Waals surface area contributed by atoms with Crippen LogP contribution in [0, 0.1) is 0 Å². The molecule has 0 saturated carbocycles. The van der Waals surface area contributed by atoms with E-state index in [1.807, 2.05) is 20.2 Å². The van der Waals surface area contributed by atoms with Crippen molar-refractivity contribution in [3.8, 4) is 5.75 Å². The van der Waals surface area contributed by atoms with Crippen LogP contribution in [0.2, 0.25) is 0 Å². The molecular formula is C13H14F3N3O. The SMILES string of the molecule is CC(Nc1ccc(OC(F)(F)F)cc1)c1cnn(C)c1. The van der Waals surface area contributed by atoms with Gasteiger partial charge in [0.1, 0.15) is 5.75 Å². The van der Waals surface area contributed by atoms with Gasteiger partial charge in [-0.25, -0.2) is 0 Å². The third kappa shape index (κ3) is 3.91. The molecule has 0 amide bonds. The molecule has 0 aliphatic heterocycles. The van der Waals surface area contributed by atoms with E-state index in [1.54, 1.807) is 10.9 Å². The molecule has 0 bridgehead atoms. The molecule has 2 rings (SSSR count). The van der Waals surface area contributed by atoms with Crippen LogP contribution in [0.25, 0.3) is 0 Å². The lowest BCUT2D eigenvalue weighted by Gasteiger charge is -2.14. The van der Waals surface area contributed by atoms with Crippen LogP contribution in [-0.2, 0) is 7.05 Å². The summed E-state index contributed by atoms with van der Waals surface area (Å²) in [5, 5.41) is 7.24. The second-order valence-electron chi connectivity index (χ2n) is 4.39. The maximum absolute atomic E-state index is 12.0. The molecule has 4 nitrogen and oxygen atoms in total. The zero-order valence-corrected chi connectivity index (χ0v) is 11.0. The third-order valence-corrected chi connectivity index (χ3v) is 2.70. The van der Waals surface area contributed by atoms with Crippen molar-refractivity contribution in [1.82, 2.24) is 9.78 Å². The normalized spacial score (nSPS) is 13.1. The van der Waals surface area contributed by atoms with Crippen molar-refractivity contribution < 1.29 is 17.9 Å². The van der Waals surface area contributed by atoms with Crippen molar-refractivity contribution in [2.45, 2.75) is 19.3 Å². The Bertz CT molecular complexity index is 563. The molecule has 0 saturated heterocycles. The minimum atomic E-state index is -4.67. The van der Waals surface area contributed by atoms with Crippen LogP contribution in [0.3, 0.4) is 0 Å². The van der Waals surface area contributed by atoms with Gasteiger partial charge in [0, 0.05) is 24.5 Å². The number of aromatic nitrogens is 2. The number of benzene rings is 1. The summed E-state index contributed by atoms with van der Waals surface area (Å²) in [6.07, 6.45) is -1.06. The van der Waals surface area contributed by atoms with Gasteiger partial charge < -0.3 is 10.1 Å². The van der Waals surface area contributed by atoms with E-state index in [0.717, 1.165) is 5.56 Å². The Morgan fingerprint density at radius 1 is 1.25 bits per heavy atom. The summed E-state index contributed by atoms with van der Waals surface area (Å²) in [6, 6.07) is 5.61. The number of rotatable bonds is 4. The summed E-state index contributed by atoms with van der Waals surface area (Å²) < 4.78 is 41.6. The summed E-state index contributed by atoms with van der Waals surface area (Å²) >= 11 is 0. The Morgan fingerprint density at radius 3 is 2.40 bits per heavy atom. The molecule has 1 heterocycles. The van der Waals surface area contributed by atoms with Crippen molar-refractivity contribution in [2.24, 2.45) is 7.05 Å². The topological polar surface area (TPSA) is 39.1 Å². The Labute approximate surface area is 114 Å². The number of nitrogens with one attached hydrogen (secondary N) is 1. The first-order valence-electron chi connectivity index (χ1n) is 5.94. The highest BCUT2D eigenvalue weighted by atomic mass is 19.4. The monoisotopic (exact) mass is 285 g/mol. The molecular weight excluding hydrogens is 271 g/mol. The molecule has 1 N–H and O–H groups in total. The summed E-state index contributed by atoms with van der Waals surface area (Å²) in [6.45, 7) is 1.94. The van der Waals surface area contributed by atoms with Gasteiger partial charge in [0.2, 0.25) is 0 Å². The van der Waals surface area contributed by atoms with Gasteiger partial charge in [-0.05, 0) is 31.2 Å². The fourth-order valence-corrected chi connectivity index (χ4v) is 1.75. The van der Waals surface area contributed by atoms with E-state index in [9.17, 15) is 13.2 Å². The number of halogens is 3. The van der Waals surface area contributed by atoms with Crippen LogP contribution in [0.1, 0.15) is 18.5 Å². The van der Waals surface area contributed by atoms with Gasteiger partial charge >= 0.3 is 6.36 Å². The van der Waals surface area contributed by atoms with Gasteiger partial charge in [-0.2, -0.15) is 5.10 Å². The number of ether oxygens (including phenoxy) is 1.